The Balaban J connectivity index is 2.63. The second-order valence-corrected chi connectivity index (χ2v) is 8.12. The number of hydrogen-bond donors (Lipinski definition) is 3. The van der Waals surface area contributed by atoms with E-state index in [1.54, 1.807) is 34.6 Å². The van der Waals surface area contributed by atoms with E-state index in [4.69, 9.17) is 9.47 Å². The van der Waals surface area contributed by atoms with Crippen molar-refractivity contribution < 1.29 is 29.0 Å². The first kappa shape index (κ1) is 25.2. The Bertz CT molecular complexity index is 725. The molecular formula is C22H32N2O6. The van der Waals surface area contributed by atoms with Gasteiger partial charge in [0, 0.05) is 6.08 Å². The maximum Gasteiger partial charge on any atom is 0.408 e. The average molecular weight is 421 g/mol. The van der Waals surface area contributed by atoms with Crippen LogP contribution < -0.4 is 10.6 Å². The van der Waals surface area contributed by atoms with Gasteiger partial charge < -0.3 is 25.2 Å². The van der Waals surface area contributed by atoms with Crippen LogP contribution in [0, 0.1) is 5.92 Å². The van der Waals surface area contributed by atoms with Crippen molar-refractivity contribution in [3.05, 3.63) is 48.0 Å². The van der Waals surface area contributed by atoms with Gasteiger partial charge in [0.05, 0.1) is 12.6 Å². The molecular weight excluding hydrogens is 388 g/mol. The molecule has 30 heavy (non-hydrogen) atoms. The monoisotopic (exact) mass is 420 g/mol. The van der Waals surface area contributed by atoms with E-state index in [9.17, 15) is 19.5 Å². The maximum absolute atomic E-state index is 12.6. The molecule has 2 atom stereocenters. The van der Waals surface area contributed by atoms with Gasteiger partial charge in [0.25, 0.3) is 0 Å². The van der Waals surface area contributed by atoms with Gasteiger partial charge in [0.1, 0.15) is 18.2 Å². The molecule has 0 heterocycles. The molecule has 166 valence electrons. The van der Waals surface area contributed by atoms with Gasteiger partial charge >= 0.3 is 12.1 Å². The van der Waals surface area contributed by atoms with E-state index in [1.807, 2.05) is 30.3 Å². The second-order valence-electron chi connectivity index (χ2n) is 8.12. The molecule has 0 aromatic heterocycles. The number of aliphatic hydroxyl groups excluding tert-OH is 1. The van der Waals surface area contributed by atoms with E-state index in [0.717, 1.165) is 11.6 Å². The number of nitrogens with one attached hydrogen (secondary N) is 2. The Kier molecular flexibility index (Phi) is 10.0. The molecule has 0 bridgehead atoms. The van der Waals surface area contributed by atoms with Crippen LogP contribution in [0.3, 0.4) is 0 Å². The van der Waals surface area contributed by atoms with Crippen molar-refractivity contribution in [3.8, 4) is 0 Å². The Morgan fingerprint density at radius 3 is 2.27 bits per heavy atom. The SMILES string of the molecule is CC(C)[C@H](NC(=O)OCc1ccccc1)C(=O)N[C@H](/C=C/C(=O)OC(C)(C)C)CO. The summed E-state index contributed by atoms with van der Waals surface area (Å²) in [5.41, 5.74) is 0.178. The van der Waals surface area contributed by atoms with Gasteiger partial charge in [-0.1, -0.05) is 50.3 Å². The first-order chi connectivity index (χ1) is 14.0. The number of aliphatic hydroxyl groups is 1. The predicted molar refractivity (Wildman–Crippen MR) is 112 cm³/mol. The van der Waals surface area contributed by atoms with Crippen LogP contribution in [0.15, 0.2) is 42.5 Å². The summed E-state index contributed by atoms with van der Waals surface area (Å²) >= 11 is 0. The zero-order valence-corrected chi connectivity index (χ0v) is 18.2. The summed E-state index contributed by atoms with van der Waals surface area (Å²) in [6.45, 7) is 8.41. The van der Waals surface area contributed by atoms with Gasteiger partial charge in [-0.2, -0.15) is 0 Å². The Morgan fingerprint density at radius 1 is 1.10 bits per heavy atom. The first-order valence-corrected chi connectivity index (χ1v) is 9.81. The highest BCUT2D eigenvalue weighted by Gasteiger charge is 2.26. The highest BCUT2D eigenvalue weighted by atomic mass is 16.6. The molecule has 0 fully saturated rings. The normalized spacial score (nSPS) is 13.6. The quantitative estimate of drug-likeness (QED) is 0.417. The summed E-state index contributed by atoms with van der Waals surface area (Å²) in [5.74, 6) is -1.32. The van der Waals surface area contributed by atoms with Crippen molar-refractivity contribution in [2.24, 2.45) is 5.92 Å². The first-order valence-electron chi connectivity index (χ1n) is 9.81. The summed E-state index contributed by atoms with van der Waals surface area (Å²) in [6.07, 6.45) is 1.77. The van der Waals surface area contributed by atoms with E-state index in [-0.39, 0.29) is 12.5 Å². The number of ether oxygens (including phenoxy) is 2. The standard InChI is InChI=1S/C22H32N2O6/c1-15(2)19(24-21(28)29-14-16-9-7-6-8-10-16)20(27)23-17(13-25)11-12-18(26)30-22(3,4)5/h6-12,15,17,19,25H,13-14H2,1-5H3,(H,23,27)(H,24,28)/b12-11+/t17-,19+/m1/s1. The molecule has 0 aliphatic heterocycles. The van der Waals surface area contributed by atoms with Gasteiger partial charge in [-0.25, -0.2) is 9.59 Å². The van der Waals surface area contributed by atoms with Crippen molar-refractivity contribution in [1.29, 1.82) is 0 Å². The molecule has 0 saturated heterocycles. The fourth-order valence-electron chi connectivity index (χ4n) is 2.38. The largest absolute Gasteiger partial charge is 0.457 e. The molecule has 3 N–H and O–H groups in total. The molecule has 0 aliphatic carbocycles. The number of alkyl carbamates (subject to hydrolysis) is 1. The van der Waals surface area contributed by atoms with Crippen LogP contribution in [-0.2, 0) is 25.7 Å². The number of amides is 2. The Hall–Kier alpha value is -2.87. The number of carbonyl (C=O) groups is 3. The van der Waals surface area contributed by atoms with Crippen molar-refractivity contribution >= 4 is 18.0 Å². The number of benzene rings is 1. The zero-order chi connectivity index (χ0) is 22.7. The third kappa shape index (κ3) is 10.1. The summed E-state index contributed by atoms with van der Waals surface area (Å²) in [4.78, 5) is 36.5. The van der Waals surface area contributed by atoms with E-state index in [1.165, 1.54) is 6.08 Å². The van der Waals surface area contributed by atoms with Crippen LogP contribution in [-0.4, -0.2) is 47.4 Å². The summed E-state index contributed by atoms with van der Waals surface area (Å²) in [6, 6.07) is 7.48. The van der Waals surface area contributed by atoms with Gasteiger partial charge in [-0.05, 0) is 32.3 Å². The molecule has 2 amide bonds. The van der Waals surface area contributed by atoms with E-state index >= 15 is 0 Å². The molecule has 1 aromatic rings. The molecule has 0 radical (unpaired) electrons. The van der Waals surface area contributed by atoms with Crippen molar-refractivity contribution in [3.63, 3.8) is 0 Å². The predicted octanol–water partition coefficient (Wildman–Crippen LogP) is 2.31. The number of carbonyl (C=O) groups excluding carboxylic acids is 3. The third-order valence-electron chi connectivity index (χ3n) is 3.83. The maximum atomic E-state index is 12.6. The van der Waals surface area contributed by atoms with Crippen molar-refractivity contribution in [1.82, 2.24) is 10.6 Å². The molecule has 0 saturated carbocycles. The Morgan fingerprint density at radius 2 is 1.73 bits per heavy atom. The molecule has 1 aromatic carbocycles. The minimum absolute atomic E-state index is 0.0804. The van der Waals surface area contributed by atoms with Crippen LogP contribution in [0.2, 0.25) is 0 Å². The lowest BCUT2D eigenvalue weighted by atomic mass is 10.0. The summed E-state index contributed by atoms with van der Waals surface area (Å²) in [5, 5.41) is 14.6. The van der Waals surface area contributed by atoms with Crippen LogP contribution in [0.5, 0.6) is 0 Å². The molecule has 1 rings (SSSR count). The van der Waals surface area contributed by atoms with E-state index in [0.29, 0.717) is 0 Å². The summed E-state index contributed by atoms with van der Waals surface area (Å²) < 4.78 is 10.3. The topological polar surface area (TPSA) is 114 Å². The number of esters is 1. The smallest absolute Gasteiger partial charge is 0.408 e. The third-order valence-corrected chi connectivity index (χ3v) is 3.83. The zero-order valence-electron chi connectivity index (χ0n) is 18.2. The van der Waals surface area contributed by atoms with Crippen LogP contribution in [0.4, 0.5) is 4.79 Å². The van der Waals surface area contributed by atoms with Crippen molar-refractivity contribution in [2.75, 3.05) is 6.61 Å². The van der Waals surface area contributed by atoms with Crippen LogP contribution >= 0.6 is 0 Å². The lowest BCUT2D eigenvalue weighted by Crippen LogP contribution is -2.52. The van der Waals surface area contributed by atoms with Gasteiger partial charge in [0.15, 0.2) is 0 Å². The number of rotatable bonds is 9. The second kappa shape index (κ2) is 12.0. The minimum Gasteiger partial charge on any atom is -0.457 e. The lowest BCUT2D eigenvalue weighted by Gasteiger charge is -2.23. The fourth-order valence-corrected chi connectivity index (χ4v) is 2.38. The van der Waals surface area contributed by atoms with Gasteiger partial charge in [-0.15, -0.1) is 0 Å². The summed E-state index contributed by atoms with van der Waals surface area (Å²) in [7, 11) is 0. The Labute approximate surface area is 177 Å². The van der Waals surface area contributed by atoms with Gasteiger partial charge in [0.2, 0.25) is 5.91 Å². The lowest BCUT2D eigenvalue weighted by molar-refractivity contribution is -0.148. The molecule has 0 spiro atoms. The average Bonchev–Trinajstić information content (AvgIpc) is 2.66. The molecule has 0 unspecified atom stereocenters. The fraction of sp³-hybridized carbons (Fsp3) is 0.500. The number of hydrogen-bond acceptors (Lipinski definition) is 6. The minimum atomic E-state index is -0.878. The molecule has 8 heteroatoms. The van der Waals surface area contributed by atoms with E-state index < -0.39 is 42.3 Å². The molecule has 0 aliphatic rings. The van der Waals surface area contributed by atoms with Crippen LogP contribution in [0.1, 0.15) is 40.2 Å². The van der Waals surface area contributed by atoms with Gasteiger partial charge in [-0.3, -0.25) is 4.79 Å². The van der Waals surface area contributed by atoms with E-state index in [2.05, 4.69) is 10.6 Å². The highest BCUT2D eigenvalue weighted by Crippen LogP contribution is 2.08. The van der Waals surface area contributed by atoms with Crippen molar-refractivity contribution in [2.45, 2.75) is 58.9 Å². The molecule has 8 nitrogen and oxygen atoms in total. The van der Waals surface area contributed by atoms with Crippen LogP contribution in [0.25, 0.3) is 0 Å². The highest BCUT2D eigenvalue weighted by molar-refractivity contribution is 5.86.